The van der Waals surface area contributed by atoms with Crippen molar-refractivity contribution in [3.63, 3.8) is 0 Å². The molecule has 2 saturated heterocycles. The molecule has 0 amide bonds. The number of rotatable bonds is 2. The maximum Gasteiger partial charge on any atom is 0.229 e. The Morgan fingerprint density at radius 2 is 1.22 bits per heavy atom. The first kappa shape index (κ1) is 18.5. The van der Waals surface area contributed by atoms with Gasteiger partial charge in [-0.05, 0) is 21.7 Å². The number of anilines is 2. The number of fused-ring (bicyclic) bond motifs is 1. The van der Waals surface area contributed by atoms with E-state index in [9.17, 15) is 0 Å². The first-order valence-corrected chi connectivity index (χ1v) is 10.0. The van der Waals surface area contributed by atoms with Gasteiger partial charge >= 0.3 is 0 Å². The van der Waals surface area contributed by atoms with Crippen molar-refractivity contribution in [2.24, 2.45) is 21.7 Å². The van der Waals surface area contributed by atoms with E-state index < -0.39 is 0 Å². The minimum absolute atomic E-state index is 0.217. The molecule has 0 spiro atoms. The van der Waals surface area contributed by atoms with Gasteiger partial charge in [0.25, 0.3) is 0 Å². The van der Waals surface area contributed by atoms with Crippen LogP contribution in [0.4, 0.5) is 11.8 Å². The summed E-state index contributed by atoms with van der Waals surface area (Å²) in [5.74, 6) is 1.81. The van der Waals surface area contributed by atoms with Gasteiger partial charge in [0.05, 0.1) is 6.33 Å². The highest BCUT2D eigenvalue weighted by Crippen LogP contribution is 2.48. The van der Waals surface area contributed by atoms with Crippen molar-refractivity contribution >= 4 is 22.9 Å². The fourth-order valence-electron chi connectivity index (χ4n) is 4.34. The lowest BCUT2D eigenvalue weighted by atomic mass is 9.71. The summed E-state index contributed by atoms with van der Waals surface area (Å²) in [7, 11) is 0. The molecule has 2 aliphatic rings. The van der Waals surface area contributed by atoms with E-state index in [2.05, 4.69) is 75.2 Å². The molecule has 0 saturated carbocycles. The van der Waals surface area contributed by atoms with Gasteiger partial charge in [-0.2, -0.15) is 9.97 Å². The molecule has 1 N–H and O–H groups in total. The summed E-state index contributed by atoms with van der Waals surface area (Å²) in [6.07, 6.45) is 1.73. The predicted octanol–water partition coefficient (Wildman–Crippen LogP) is 4.10. The largest absolute Gasteiger partial charge is 0.354 e. The molecule has 0 radical (unpaired) electrons. The third kappa shape index (κ3) is 2.71. The summed E-state index contributed by atoms with van der Waals surface area (Å²) in [6.45, 7) is 22.7. The zero-order valence-electron chi connectivity index (χ0n) is 18.1. The average Bonchev–Trinajstić information content (AvgIpc) is 3.12. The highest BCUT2D eigenvalue weighted by Gasteiger charge is 2.48. The molecule has 2 aromatic rings. The van der Waals surface area contributed by atoms with Gasteiger partial charge < -0.3 is 14.8 Å². The summed E-state index contributed by atoms with van der Waals surface area (Å²) >= 11 is 0. The van der Waals surface area contributed by atoms with Crippen LogP contribution < -0.4 is 9.80 Å². The molecule has 0 aliphatic carbocycles. The average molecular weight is 371 g/mol. The van der Waals surface area contributed by atoms with E-state index in [1.165, 1.54) is 0 Å². The van der Waals surface area contributed by atoms with Gasteiger partial charge in [0.1, 0.15) is 5.52 Å². The van der Waals surface area contributed by atoms with Crippen molar-refractivity contribution in [1.82, 2.24) is 19.9 Å². The molecule has 0 aromatic carbocycles. The van der Waals surface area contributed by atoms with Crippen LogP contribution in [-0.2, 0) is 0 Å². The lowest BCUT2D eigenvalue weighted by molar-refractivity contribution is 0.184. The summed E-state index contributed by atoms with van der Waals surface area (Å²) in [5, 5.41) is 0. The topological polar surface area (TPSA) is 60.9 Å². The van der Waals surface area contributed by atoms with Crippen molar-refractivity contribution in [2.75, 3.05) is 36.0 Å². The van der Waals surface area contributed by atoms with Crippen molar-refractivity contribution < 1.29 is 0 Å². The number of aromatic amines is 1. The van der Waals surface area contributed by atoms with E-state index in [0.29, 0.717) is 0 Å². The van der Waals surface area contributed by atoms with Crippen molar-refractivity contribution in [3.05, 3.63) is 6.33 Å². The number of nitrogens with zero attached hydrogens (tertiary/aromatic N) is 5. The van der Waals surface area contributed by atoms with Gasteiger partial charge in [0.2, 0.25) is 5.95 Å². The molecule has 6 nitrogen and oxygen atoms in total. The van der Waals surface area contributed by atoms with Crippen LogP contribution in [0.15, 0.2) is 6.33 Å². The molecule has 4 heterocycles. The Bertz CT molecular complexity index is 844. The van der Waals surface area contributed by atoms with E-state index in [-0.39, 0.29) is 21.7 Å². The van der Waals surface area contributed by atoms with Gasteiger partial charge in [-0.15, -0.1) is 0 Å². The van der Waals surface area contributed by atoms with E-state index >= 15 is 0 Å². The fraction of sp³-hybridized carbons (Fsp3) is 0.762. The maximum absolute atomic E-state index is 5.07. The second-order valence-electron chi connectivity index (χ2n) is 11.2. The summed E-state index contributed by atoms with van der Waals surface area (Å²) < 4.78 is 0. The van der Waals surface area contributed by atoms with Crippen LogP contribution in [-0.4, -0.2) is 46.1 Å². The summed E-state index contributed by atoms with van der Waals surface area (Å²) in [4.78, 5) is 22.4. The molecule has 2 aliphatic heterocycles. The zero-order valence-corrected chi connectivity index (χ0v) is 18.1. The maximum atomic E-state index is 5.07. The number of hydrogen-bond donors (Lipinski definition) is 1. The van der Waals surface area contributed by atoms with Gasteiger partial charge in [-0.1, -0.05) is 55.4 Å². The van der Waals surface area contributed by atoms with Crippen LogP contribution in [0.1, 0.15) is 55.4 Å². The van der Waals surface area contributed by atoms with Crippen LogP contribution >= 0.6 is 0 Å². The zero-order chi connectivity index (χ0) is 19.8. The van der Waals surface area contributed by atoms with Gasteiger partial charge in [-0.3, -0.25) is 0 Å². The van der Waals surface area contributed by atoms with E-state index in [0.717, 1.165) is 49.1 Å². The Morgan fingerprint density at radius 1 is 0.741 bits per heavy atom. The Morgan fingerprint density at radius 3 is 1.74 bits per heavy atom. The Balaban J connectivity index is 1.76. The SMILES string of the molecule is CC1(C)CN(c2nc(N3CC(C)(C)C(C)(C)C3)c3[nH]cnc3n2)CC1(C)C. The van der Waals surface area contributed by atoms with Crippen molar-refractivity contribution in [1.29, 1.82) is 0 Å². The van der Waals surface area contributed by atoms with Crippen LogP contribution in [0.2, 0.25) is 0 Å². The third-order valence-electron chi connectivity index (χ3n) is 7.85. The van der Waals surface area contributed by atoms with Gasteiger partial charge in [0, 0.05) is 26.2 Å². The number of imidazole rings is 1. The molecule has 2 aromatic heterocycles. The molecule has 0 atom stereocenters. The summed E-state index contributed by atoms with van der Waals surface area (Å²) in [6, 6.07) is 0. The van der Waals surface area contributed by atoms with Crippen molar-refractivity contribution in [2.45, 2.75) is 55.4 Å². The molecule has 0 bridgehead atoms. The number of nitrogens with one attached hydrogen (secondary N) is 1. The molecule has 27 heavy (non-hydrogen) atoms. The van der Waals surface area contributed by atoms with Gasteiger partial charge in [-0.25, -0.2) is 4.98 Å². The standard InChI is InChI=1S/C21H34N6/c1-18(2)9-26(10-19(18,3)4)16-14-15(23-13-22-14)24-17(25-16)27-11-20(5,6)21(7,8)12-27/h13H,9-12H2,1-8H3,(H,22,23,24,25). The predicted molar refractivity (Wildman–Crippen MR) is 111 cm³/mol. The number of H-pyrrole nitrogens is 1. The monoisotopic (exact) mass is 370 g/mol. The Labute approximate surface area is 162 Å². The van der Waals surface area contributed by atoms with E-state index in [1.54, 1.807) is 6.33 Å². The number of hydrogen-bond acceptors (Lipinski definition) is 5. The quantitative estimate of drug-likeness (QED) is 0.862. The minimum atomic E-state index is 0.217. The van der Waals surface area contributed by atoms with Gasteiger partial charge in [0.15, 0.2) is 11.5 Å². The highest BCUT2D eigenvalue weighted by molar-refractivity contribution is 5.84. The normalized spacial score (nSPS) is 25.5. The van der Waals surface area contributed by atoms with E-state index in [1.807, 2.05) is 0 Å². The van der Waals surface area contributed by atoms with E-state index in [4.69, 9.17) is 9.97 Å². The molecule has 4 rings (SSSR count). The van der Waals surface area contributed by atoms with Crippen LogP contribution in [0.25, 0.3) is 11.2 Å². The Kier molecular flexibility index (Phi) is 3.67. The number of aromatic nitrogens is 4. The first-order chi connectivity index (χ1) is 12.3. The van der Waals surface area contributed by atoms with Crippen molar-refractivity contribution in [3.8, 4) is 0 Å². The fourth-order valence-corrected chi connectivity index (χ4v) is 4.34. The lowest BCUT2D eigenvalue weighted by Gasteiger charge is -2.32. The molecule has 0 unspecified atom stereocenters. The third-order valence-corrected chi connectivity index (χ3v) is 7.85. The van der Waals surface area contributed by atoms with Crippen LogP contribution in [0.5, 0.6) is 0 Å². The smallest absolute Gasteiger partial charge is 0.229 e. The highest BCUT2D eigenvalue weighted by atomic mass is 15.3. The second kappa shape index (κ2) is 5.36. The second-order valence-corrected chi connectivity index (χ2v) is 11.2. The molecule has 6 heteroatoms. The Hall–Kier alpha value is -1.85. The van der Waals surface area contributed by atoms with Crippen LogP contribution in [0.3, 0.4) is 0 Å². The minimum Gasteiger partial charge on any atom is -0.354 e. The molecular weight excluding hydrogens is 336 g/mol. The summed E-state index contributed by atoms with van der Waals surface area (Å²) in [5.41, 5.74) is 2.60. The lowest BCUT2D eigenvalue weighted by Crippen LogP contribution is -2.30. The molecular formula is C21H34N6. The first-order valence-electron chi connectivity index (χ1n) is 10.0. The molecule has 2 fully saturated rings. The molecule has 148 valence electrons. The van der Waals surface area contributed by atoms with Crippen LogP contribution in [0, 0.1) is 21.7 Å².